The summed E-state index contributed by atoms with van der Waals surface area (Å²) in [6, 6.07) is 0. The van der Waals surface area contributed by atoms with Gasteiger partial charge in [-0.05, 0) is 73.7 Å². The first kappa shape index (κ1) is 43.7. The van der Waals surface area contributed by atoms with E-state index in [-0.39, 0.29) is 45.1 Å². The molecule has 0 aromatic rings. The first-order valence-corrected chi connectivity index (χ1v) is 18.0. The molecule has 220 valence electrons. The number of ketones is 2. The van der Waals surface area contributed by atoms with Gasteiger partial charge in [-0.2, -0.15) is 47.0 Å². The van der Waals surface area contributed by atoms with Gasteiger partial charge in [0, 0.05) is 56.2 Å². The Kier molecular flexibility index (Phi) is 39.7. The second kappa shape index (κ2) is 34.5. The third-order valence-electron chi connectivity index (χ3n) is 5.69. The van der Waals surface area contributed by atoms with Crippen LogP contribution in [0.1, 0.15) is 92.3 Å². The van der Waals surface area contributed by atoms with Crippen molar-refractivity contribution in [3.63, 3.8) is 0 Å². The summed E-state index contributed by atoms with van der Waals surface area (Å²) in [4.78, 5) is 21.1. The van der Waals surface area contributed by atoms with Gasteiger partial charge < -0.3 is 11.4 Å². The van der Waals surface area contributed by atoms with E-state index in [0.29, 0.717) is 11.6 Å². The first-order valence-electron chi connectivity index (χ1n) is 13.3. The van der Waals surface area contributed by atoms with E-state index in [1.807, 2.05) is 35.3 Å². The number of nitrogens with zero attached hydrogens (tertiary/aromatic N) is 1. The molecule has 0 atom stereocenters. The summed E-state index contributed by atoms with van der Waals surface area (Å²) >= 11 is 7.81. The van der Waals surface area contributed by atoms with E-state index < -0.39 is 0 Å². The number of oxime groups is 1. The molecule has 5 fully saturated rings. The molecule has 5 aliphatic heterocycles. The normalized spacial score (nSPS) is 20.9. The molecule has 5 heterocycles. The van der Waals surface area contributed by atoms with Crippen molar-refractivity contribution in [3.8, 4) is 0 Å². The number of thioether (sulfide) groups is 4. The molecule has 0 radical (unpaired) electrons. The number of ether oxygens (including phenoxy) is 1. The molecule has 0 amide bonds. The standard InChI is InChI=1S/C6H10OS.C6H12S.C5H9NOS.C5H8OS.C4H8O.CH4.Al.Li.4H/c7-6-2-1-4-8-5-3-6;1-2-4-6-7-5-3-1;7-6-5-1-3-8-4-2-5;6-5-1-3-7-4-2-5;1-2-4-5-3-1;;;;;;;/h1-5H2;1-6H2;7H,1-4H2;1-4H2;1-4H2;1H4;;;;;;/q;;;;;;;+1;;;;-1. The number of rotatable bonds is 0. The van der Waals surface area contributed by atoms with E-state index in [1.54, 1.807) is 0 Å². The zero-order valence-corrected chi connectivity index (χ0v) is 25.8. The third-order valence-corrected chi connectivity index (χ3v) is 9.88. The van der Waals surface area contributed by atoms with E-state index in [0.717, 1.165) is 92.6 Å². The Labute approximate surface area is 274 Å². The summed E-state index contributed by atoms with van der Waals surface area (Å²) in [7, 11) is 0. The molecule has 0 aliphatic carbocycles. The van der Waals surface area contributed by atoms with E-state index in [4.69, 9.17) is 9.94 Å². The summed E-state index contributed by atoms with van der Waals surface area (Å²) in [5, 5.41) is 11.4. The van der Waals surface area contributed by atoms with Crippen molar-refractivity contribution in [2.24, 2.45) is 5.16 Å². The van der Waals surface area contributed by atoms with Crippen molar-refractivity contribution >= 4 is 81.7 Å². The second-order valence-corrected chi connectivity index (χ2v) is 13.7. The Morgan fingerprint density at radius 2 is 0.974 bits per heavy atom. The Hall–Kier alpha value is 1.30. The average Bonchev–Trinajstić information content (AvgIpc) is 3.21. The summed E-state index contributed by atoms with van der Waals surface area (Å²) in [6.45, 7) is 2.00. The molecule has 0 saturated carbocycles. The summed E-state index contributed by atoms with van der Waals surface area (Å²) in [5.74, 6) is 10.3. The zero-order chi connectivity index (χ0) is 25.2. The largest absolute Gasteiger partial charge is 1.00 e. The van der Waals surface area contributed by atoms with Crippen LogP contribution in [0.5, 0.6) is 0 Å². The maximum atomic E-state index is 10.7. The minimum absolute atomic E-state index is 0. The van der Waals surface area contributed by atoms with Gasteiger partial charge in [-0.3, -0.25) is 9.59 Å². The minimum Gasteiger partial charge on any atom is -1.00 e. The fourth-order valence-corrected chi connectivity index (χ4v) is 7.32. The number of hydrogen-bond acceptors (Lipinski definition) is 9. The summed E-state index contributed by atoms with van der Waals surface area (Å²) < 4.78 is 4.94. The number of hydrogen-bond donors (Lipinski definition) is 1. The van der Waals surface area contributed by atoms with Crippen LogP contribution in [0.15, 0.2) is 5.16 Å². The molecule has 0 bridgehead atoms. The molecule has 38 heavy (non-hydrogen) atoms. The summed E-state index contributed by atoms with van der Waals surface area (Å²) in [6.07, 6.45) is 14.7. The third kappa shape index (κ3) is 30.3. The van der Waals surface area contributed by atoms with Crippen LogP contribution >= 0.6 is 47.0 Å². The molecule has 1 N–H and O–H groups in total. The monoisotopic (exact) mass is 619 g/mol. The van der Waals surface area contributed by atoms with Crippen molar-refractivity contribution < 1.29 is 39.8 Å². The van der Waals surface area contributed by atoms with E-state index in [1.165, 1.54) is 55.8 Å². The van der Waals surface area contributed by atoms with Crippen molar-refractivity contribution in [1.82, 2.24) is 0 Å². The fraction of sp³-hybridized carbons (Fsp3) is 0.889. The molecule has 5 nitrogen and oxygen atoms in total. The van der Waals surface area contributed by atoms with Gasteiger partial charge in [0.05, 0.1) is 5.71 Å². The van der Waals surface area contributed by atoms with Gasteiger partial charge in [-0.1, -0.05) is 25.4 Å². The molecule has 5 rings (SSSR count). The molecular weight excluding hydrogens is 564 g/mol. The van der Waals surface area contributed by atoms with Crippen molar-refractivity contribution in [2.45, 2.75) is 90.9 Å². The maximum Gasteiger partial charge on any atom is 1.00 e. The minimum atomic E-state index is 0. The molecule has 0 aromatic heterocycles. The van der Waals surface area contributed by atoms with Gasteiger partial charge in [-0.15, -0.1) is 0 Å². The average molecular weight is 620 g/mol. The number of carbonyl (C=O) groups is 2. The number of carbonyl (C=O) groups excluding carboxylic acids is 2. The predicted octanol–water partition coefficient (Wildman–Crippen LogP) is 3.56. The quantitative estimate of drug-likeness (QED) is 0.251. The van der Waals surface area contributed by atoms with E-state index >= 15 is 0 Å². The van der Waals surface area contributed by atoms with Gasteiger partial charge in [0.1, 0.15) is 11.6 Å². The Balaban J connectivity index is -0.000000193. The van der Waals surface area contributed by atoms with Crippen LogP contribution in [0.25, 0.3) is 0 Å². The molecule has 0 unspecified atom stereocenters. The SMILES string of the molecule is C.C1CCCSCC1.C1CCOC1.O=C1CCCSCC1.O=C1CCSCC1.ON=C1CCSCC1.[AlH3].[H-].[Li+]. The topological polar surface area (TPSA) is 76.0 Å². The van der Waals surface area contributed by atoms with Crippen LogP contribution in [-0.4, -0.2) is 99.1 Å². The Bertz CT molecular complexity index is 527. The Morgan fingerprint density at radius 3 is 1.37 bits per heavy atom. The van der Waals surface area contributed by atoms with Crippen LogP contribution in [0, 0.1) is 0 Å². The molecule has 0 aromatic carbocycles. The second-order valence-electron chi connectivity index (χ2n) is 8.78. The van der Waals surface area contributed by atoms with Crippen molar-refractivity contribution in [3.05, 3.63) is 0 Å². The fourth-order valence-electron chi connectivity index (χ4n) is 3.46. The van der Waals surface area contributed by atoms with Crippen molar-refractivity contribution in [1.29, 1.82) is 0 Å². The maximum absolute atomic E-state index is 10.7. The molecular formula is C27H55AlLiNO4S4. The molecule has 0 spiro atoms. The van der Waals surface area contributed by atoms with E-state index in [9.17, 15) is 9.59 Å². The zero-order valence-electron chi connectivity index (χ0n) is 23.5. The molecule has 5 aliphatic rings. The van der Waals surface area contributed by atoms with Crippen LogP contribution in [0.4, 0.5) is 0 Å². The van der Waals surface area contributed by atoms with Crippen molar-refractivity contribution in [2.75, 3.05) is 59.2 Å². The van der Waals surface area contributed by atoms with Gasteiger partial charge in [0.2, 0.25) is 0 Å². The van der Waals surface area contributed by atoms with Gasteiger partial charge >= 0.3 is 18.9 Å². The van der Waals surface area contributed by atoms with Crippen LogP contribution in [0.2, 0.25) is 0 Å². The van der Waals surface area contributed by atoms with Crippen LogP contribution in [0.3, 0.4) is 0 Å². The first-order chi connectivity index (χ1) is 17.2. The van der Waals surface area contributed by atoms with Crippen LogP contribution in [-0.2, 0) is 14.3 Å². The Morgan fingerprint density at radius 1 is 0.579 bits per heavy atom. The molecule has 11 heteroatoms. The van der Waals surface area contributed by atoms with Gasteiger partial charge in [0.25, 0.3) is 0 Å². The summed E-state index contributed by atoms with van der Waals surface area (Å²) in [5.41, 5.74) is 0.962. The van der Waals surface area contributed by atoms with Gasteiger partial charge in [0.15, 0.2) is 17.4 Å². The number of Topliss-reactive ketones (excluding diaryl/α,β-unsaturated/α-hetero) is 2. The smallest absolute Gasteiger partial charge is 1.00 e. The van der Waals surface area contributed by atoms with Crippen LogP contribution < -0.4 is 18.9 Å². The van der Waals surface area contributed by atoms with Gasteiger partial charge in [-0.25, -0.2) is 0 Å². The molecule has 5 saturated heterocycles. The predicted molar refractivity (Wildman–Crippen MR) is 177 cm³/mol. The van der Waals surface area contributed by atoms with E-state index in [2.05, 4.69) is 16.9 Å².